The number of amides is 1. The van der Waals surface area contributed by atoms with Gasteiger partial charge >= 0.3 is 0 Å². The van der Waals surface area contributed by atoms with Gasteiger partial charge in [0.25, 0.3) is 5.92 Å². The van der Waals surface area contributed by atoms with Crippen LogP contribution in [0.15, 0.2) is 28.7 Å². The Labute approximate surface area is 154 Å². The Balaban J connectivity index is 1.62. The second-order valence-corrected chi connectivity index (χ2v) is 8.27. The van der Waals surface area contributed by atoms with Crippen molar-refractivity contribution in [3.8, 4) is 0 Å². The summed E-state index contributed by atoms with van der Waals surface area (Å²) >= 11 is 3.41. The fourth-order valence-electron chi connectivity index (χ4n) is 4.08. The molecule has 2 fully saturated rings. The molecule has 0 unspecified atom stereocenters. The van der Waals surface area contributed by atoms with Gasteiger partial charge in [-0.15, -0.1) is 0 Å². The third kappa shape index (κ3) is 4.27. The average molecular weight is 414 g/mol. The van der Waals surface area contributed by atoms with E-state index in [1.54, 1.807) is 0 Å². The van der Waals surface area contributed by atoms with Crippen molar-refractivity contribution in [2.75, 3.05) is 6.54 Å². The number of halogens is 3. The van der Waals surface area contributed by atoms with E-state index in [1.165, 1.54) is 12.5 Å². The summed E-state index contributed by atoms with van der Waals surface area (Å²) in [7, 11) is 0. The van der Waals surface area contributed by atoms with Crippen molar-refractivity contribution in [3.63, 3.8) is 0 Å². The van der Waals surface area contributed by atoms with Crippen molar-refractivity contribution in [3.05, 3.63) is 34.3 Å². The molecule has 1 amide bonds. The number of rotatable bonds is 4. The Morgan fingerprint density at radius 3 is 2.56 bits per heavy atom. The SMILES string of the molecule is CC(=O)[C@H]1CC(F)(F)CN1C(=O)[C@H]1CC[C@H](Cc2ccc(Br)cc2)C1. The molecule has 1 aromatic carbocycles. The van der Waals surface area contributed by atoms with Crippen LogP contribution in [0.5, 0.6) is 0 Å². The lowest BCUT2D eigenvalue weighted by molar-refractivity contribution is -0.140. The molecule has 2 aliphatic rings. The van der Waals surface area contributed by atoms with Gasteiger partial charge in [-0.1, -0.05) is 28.1 Å². The first kappa shape index (κ1) is 18.5. The number of carbonyl (C=O) groups is 2. The van der Waals surface area contributed by atoms with E-state index in [0.717, 1.165) is 22.2 Å². The Morgan fingerprint density at radius 1 is 1.24 bits per heavy atom. The molecule has 1 aliphatic heterocycles. The van der Waals surface area contributed by atoms with Crippen LogP contribution < -0.4 is 0 Å². The molecule has 3 rings (SSSR count). The zero-order valence-corrected chi connectivity index (χ0v) is 15.8. The maximum Gasteiger partial charge on any atom is 0.267 e. The van der Waals surface area contributed by atoms with Crippen LogP contribution in [0.2, 0.25) is 0 Å². The minimum absolute atomic E-state index is 0.240. The van der Waals surface area contributed by atoms with Crippen molar-refractivity contribution in [2.45, 2.75) is 51.0 Å². The number of nitrogens with zero attached hydrogens (tertiary/aromatic N) is 1. The number of hydrogen-bond acceptors (Lipinski definition) is 2. The van der Waals surface area contributed by atoms with Crippen molar-refractivity contribution in [1.29, 1.82) is 0 Å². The van der Waals surface area contributed by atoms with Gasteiger partial charge in [-0.2, -0.15) is 0 Å². The number of benzene rings is 1. The summed E-state index contributed by atoms with van der Waals surface area (Å²) in [6.45, 7) is 0.668. The fourth-order valence-corrected chi connectivity index (χ4v) is 4.35. The van der Waals surface area contributed by atoms with Crippen LogP contribution in [0.3, 0.4) is 0 Å². The molecule has 0 N–H and O–H groups in total. The minimum Gasteiger partial charge on any atom is -0.326 e. The molecule has 0 bridgehead atoms. The average Bonchev–Trinajstić information content (AvgIpc) is 3.13. The summed E-state index contributed by atoms with van der Waals surface area (Å²) in [5.41, 5.74) is 1.22. The van der Waals surface area contributed by atoms with Crippen LogP contribution in [-0.4, -0.2) is 35.1 Å². The zero-order chi connectivity index (χ0) is 18.2. The fraction of sp³-hybridized carbons (Fsp3) is 0.579. The highest BCUT2D eigenvalue weighted by Crippen LogP contribution is 2.38. The summed E-state index contributed by atoms with van der Waals surface area (Å²) in [6.07, 6.45) is 2.70. The second-order valence-electron chi connectivity index (χ2n) is 7.36. The van der Waals surface area contributed by atoms with Gasteiger partial charge in [0.1, 0.15) is 0 Å². The Morgan fingerprint density at radius 2 is 1.92 bits per heavy atom. The second kappa shape index (κ2) is 7.14. The molecule has 0 radical (unpaired) electrons. The van der Waals surface area contributed by atoms with Crippen LogP contribution in [0.4, 0.5) is 8.78 Å². The quantitative estimate of drug-likeness (QED) is 0.740. The lowest BCUT2D eigenvalue weighted by Crippen LogP contribution is -2.42. The molecule has 0 spiro atoms. The summed E-state index contributed by atoms with van der Waals surface area (Å²) in [5.74, 6) is -3.43. The summed E-state index contributed by atoms with van der Waals surface area (Å²) in [4.78, 5) is 25.5. The largest absolute Gasteiger partial charge is 0.326 e. The summed E-state index contributed by atoms with van der Waals surface area (Å²) < 4.78 is 28.4. The number of ketones is 1. The molecule has 1 aliphatic carbocycles. The molecule has 1 saturated heterocycles. The van der Waals surface area contributed by atoms with Crippen molar-refractivity contribution >= 4 is 27.6 Å². The topological polar surface area (TPSA) is 37.4 Å². The maximum atomic E-state index is 13.7. The van der Waals surface area contributed by atoms with E-state index < -0.39 is 24.9 Å². The molecule has 1 heterocycles. The molecule has 136 valence electrons. The van der Waals surface area contributed by atoms with Crippen LogP contribution in [0.1, 0.15) is 38.2 Å². The first-order valence-corrected chi connectivity index (χ1v) is 9.48. The van der Waals surface area contributed by atoms with Crippen molar-refractivity contribution in [1.82, 2.24) is 4.90 Å². The van der Waals surface area contributed by atoms with E-state index in [0.29, 0.717) is 18.8 Å². The standard InChI is InChI=1S/C19H22BrF2NO2/c1-12(24)17-10-19(21,22)11-23(17)18(25)15-5-2-14(9-15)8-13-3-6-16(20)7-4-13/h3-4,6-7,14-15,17H,2,5,8-11H2,1H3/t14-,15+,17-/m1/s1. The van der Waals surface area contributed by atoms with Crippen LogP contribution >= 0.6 is 15.9 Å². The number of alkyl halides is 2. The van der Waals surface area contributed by atoms with E-state index in [9.17, 15) is 18.4 Å². The smallest absolute Gasteiger partial charge is 0.267 e. The number of carbonyl (C=O) groups excluding carboxylic acids is 2. The van der Waals surface area contributed by atoms with Gasteiger partial charge in [0.15, 0.2) is 5.78 Å². The lowest BCUT2D eigenvalue weighted by atomic mass is 9.96. The van der Waals surface area contributed by atoms with Gasteiger partial charge in [0, 0.05) is 16.8 Å². The Bertz CT molecular complexity index is 662. The third-order valence-electron chi connectivity index (χ3n) is 5.35. The van der Waals surface area contributed by atoms with E-state index in [1.807, 2.05) is 12.1 Å². The maximum absolute atomic E-state index is 13.7. The molecule has 0 aromatic heterocycles. The van der Waals surface area contributed by atoms with Gasteiger partial charge in [-0.05, 0) is 56.2 Å². The zero-order valence-electron chi connectivity index (χ0n) is 14.2. The highest BCUT2D eigenvalue weighted by molar-refractivity contribution is 9.10. The Hall–Kier alpha value is -1.30. The number of likely N-dealkylation sites (tertiary alicyclic amines) is 1. The summed E-state index contributed by atoms with van der Waals surface area (Å²) in [5, 5.41) is 0. The van der Waals surface area contributed by atoms with Crippen LogP contribution in [0.25, 0.3) is 0 Å². The van der Waals surface area contributed by atoms with Gasteiger partial charge in [0.05, 0.1) is 12.6 Å². The molecule has 3 nitrogen and oxygen atoms in total. The van der Waals surface area contributed by atoms with Gasteiger partial charge in [-0.25, -0.2) is 8.78 Å². The normalized spacial score (nSPS) is 28.3. The molecular weight excluding hydrogens is 392 g/mol. The molecule has 1 saturated carbocycles. The van der Waals surface area contributed by atoms with Crippen LogP contribution in [0, 0.1) is 11.8 Å². The Kier molecular flexibility index (Phi) is 5.28. The predicted octanol–water partition coefficient (Wildman–Crippen LogP) is 4.23. The van der Waals surface area contributed by atoms with Crippen LogP contribution in [-0.2, 0) is 16.0 Å². The van der Waals surface area contributed by atoms with E-state index in [-0.39, 0.29) is 17.6 Å². The molecule has 6 heteroatoms. The first-order chi connectivity index (χ1) is 11.7. The monoisotopic (exact) mass is 413 g/mol. The summed E-state index contributed by atoms with van der Waals surface area (Å²) in [6, 6.07) is 7.15. The third-order valence-corrected chi connectivity index (χ3v) is 5.88. The molecule has 3 atom stereocenters. The van der Waals surface area contributed by atoms with Crippen molar-refractivity contribution in [2.24, 2.45) is 11.8 Å². The molecule has 25 heavy (non-hydrogen) atoms. The lowest BCUT2D eigenvalue weighted by Gasteiger charge is -2.25. The van der Waals surface area contributed by atoms with Gasteiger partial charge in [0.2, 0.25) is 5.91 Å². The van der Waals surface area contributed by atoms with Gasteiger partial charge < -0.3 is 4.90 Å². The van der Waals surface area contributed by atoms with Gasteiger partial charge in [-0.3, -0.25) is 9.59 Å². The molecule has 1 aromatic rings. The predicted molar refractivity (Wildman–Crippen MR) is 94.4 cm³/mol. The number of hydrogen-bond donors (Lipinski definition) is 0. The van der Waals surface area contributed by atoms with E-state index in [2.05, 4.69) is 28.1 Å². The molecular formula is C19H22BrF2NO2. The first-order valence-electron chi connectivity index (χ1n) is 8.68. The highest BCUT2D eigenvalue weighted by atomic mass is 79.9. The van der Waals surface area contributed by atoms with E-state index in [4.69, 9.17) is 0 Å². The minimum atomic E-state index is -2.96. The van der Waals surface area contributed by atoms with E-state index >= 15 is 0 Å². The number of Topliss-reactive ketones (excluding diaryl/α,β-unsaturated/α-hetero) is 1. The highest BCUT2D eigenvalue weighted by Gasteiger charge is 2.50. The van der Waals surface area contributed by atoms with Crippen molar-refractivity contribution < 1.29 is 18.4 Å².